The normalized spacial score (nSPS) is 13.9. The standard InChI is InChI=1S/C31H26F2N2O4S/c1-37-27(36)9-6-18-4-3-5-19(14-18)31(11-12-31)26-17-38-30(35-26)22-15-20(7-8-23(22)32)39-28-24(33)16-25-21(10-13-34-25)29(28)40-2/h3-5,7-8,10,13-17,34H,6,9,11-12H2,1-2H3. The number of hydrogen-bond acceptors (Lipinski definition) is 6. The third kappa shape index (κ3) is 4.75. The van der Waals surface area contributed by atoms with E-state index in [1.807, 2.05) is 30.5 Å². The predicted molar refractivity (Wildman–Crippen MR) is 149 cm³/mol. The second-order valence-corrected chi connectivity index (χ2v) is 10.6. The first-order chi connectivity index (χ1) is 19.4. The third-order valence-electron chi connectivity index (χ3n) is 7.38. The number of H-pyrrole nitrogens is 1. The number of benzene rings is 3. The Hall–Kier alpha value is -4.11. The lowest BCUT2D eigenvalue weighted by molar-refractivity contribution is -0.140. The van der Waals surface area contributed by atoms with Crippen molar-refractivity contribution in [2.75, 3.05) is 13.4 Å². The van der Waals surface area contributed by atoms with Gasteiger partial charge in [0.15, 0.2) is 11.6 Å². The SMILES string of the molecule is COC(=O)CCc1cccc(C2(c3coc(-c4cc(Oc5c(F)cc6[nH]ccc6c5SC)ccc4F)n3)CC2)c1. The molecule has 0 spiro atoms. The summed E-state index contributed by atoms with van der Waals surface area (Å²) >= 11 is 1.37. The Morgan fingerprint density at radius 1 is 1.12 bits per heavy atom. The Bertz CT molecular complexity index is 1720. The largest absolute Gasteiger partial charge is 0.469 e. The maximum atomic E-state index is 15.0. The predicted octanol–water partition coefficient (Wildman–Crippen LogP) is 7.80. The molecule has 3 aromatic carbocycles. The number of rotatable bonds is 9. The summed E-state index contributed by atoms with van der Waals surface area (Å²) in [7, 11) is 1.38. The molecule has 0 unspecified atom stereocenters. The molecule has 0 bridgehead atoms. The number of nitrogens with one attached hydrogen (secondary N) is 1. The third-order valence-corrected chi connectivity index (χ3v) is 8.19. The van der Waals surface area contributed by atoms with Crippen LogP contribution in [-0.2, 0) is 21.4 Å². The lowest BCUT2D eigenvalue weighted by Gasteiger charge is -2.14. The first-order valence-electron chi connectivity index (χ1n) is 12.9. The first kappa shape index (κ1) is 26.1. The highest BCUT2D eigenvalue weighted by Gasteiger charge is 2.48. The van der Waals surface area contributed by atoms with Gasteiger partial charge < -0.3 is 18.9 Å². The van der Waals surface area contributed by atoms with E-state index < -0.39 is 11.6 Å². The number of halogens is 2. The summed E-state index contributed by atoms with van der Waals surface area (Å²) in [6.07, 6.45) is 7.80. The highest BCUT2D eigenvalue weighted by molar-refractivity contribution is 7.99. The van der Waals surface area contributed by atoms with Crippen LogP contribution in [0, 0.1) is 11.6 Å². The minimum absolute atomic E-state index is 0.0780. The van der Waals surface area contributed by atoms with E-state index in [-0.39, 0.29) is 34.3 Å². The molecule has 5 aromatic rings. The van der Waals surface area contributed by atoms with E-state index in [4.69, 9.17) is 13.9 Å². The van der Waals surface area contributed by atoms with Crippen LogP contribution < -0.4 is 4.74 Å². The van der Waals surface area contributed by atoms with Gasteiger partial charge in [-0.2, -0.15) is 0 Å². The molecule has 1 saturated carbocycles. The van der Waals surface area contributed by atoms with Gasteiger partial charge in [0.25, 0.3) is 0 Å². The Kier molecular flexibility index (Phi) is 6.83. The maximum absolute atomic E-state index is 15.0. The van der Waals surface area contributed by atoms with Gasteiger partial charge in [0.2, 0.25) is 5.89 Å². The average molecular weight is 561 g/mol. The number of nitrogens with zero attached hydrogens (tertiary/aromatic N) is 1. The number of hydrogen-bond donors (Lipinski definition) is 1. The zero-order valence-electron chi connectivity index (χ0n) is 21.9. The van der Waals surface area contributed by atoms with E-state index in [0.717, 1.165) is 29.4 Å². The minimum Gasteiger partial charge on any atom is -0.469 e. The Morgan fingerprint density at radius 3 is 2.75 bits per heavy atom. The average Bonchev–Trinajstić information content (AvgIpc) is 3.39. The molecule has 0 amide bonds. The van der Waals surface area contributed by atoms with Crippen LogP contribution in [0.2, 0.25) is 0 Å². The van der Waals surface area contributed by atoms with E-state index in [1.54, 1.807) is 12.5 Å². The summed E-state index contributed by atoms with van der Waals surface area (Å²) in [5.74, 6) is -0.833. The van der Waals surface area contributed by atoms with E-state index in [1.165, 1.54) is 43.1 Å². The fraction of sp³-hybridized carbons (Fsp3) is 0.226. The van der Waals surface area contributed by atoms with Crippen molar-refractivity contribution in [1.29, 1.82) is 0 Å². The van der Waals surface area contributed by atoms with Crippen LogP contribution in [0.15, 0.2) is 76.4 Å². The fourth-order valence-electron chi connectivity index (χ4n) is 5.08. The zero-order valence-corrected chi connectivity index (χ0v) is 22.7. The van der Waals surface area contributed by atoms with Crippen LogP contribution in [-0.4, -0.2) is 29.3 Å². The number of thioether (sulfide) groups is 1. The van der Waals surface area contributed by atoms with Crippen LogP contribution in [0.1, 0.15) is 36.1 Å². The number of esters is 1. The Labute approximate surface area is 233 Å². The minimum atomic E-state index is -0.526. The van der Waals surface area contributed by atoms with E-state index in [2.05, 4.69) is 16.0 Å². The van der Waals surface area contributed by atoms with Gasteiger partial charge in [0.1, 0.15) is 17.8 Å². The molecule has 1 aliphatic carbocycles. The molecule has 0 saturated heterocycles. The molecule has 1 N–H and O–H groups in total. The van der Waals surface area contributed by atoms with Gasteiger partial charge in [0, 0.05) is 35.0 Å². The number of ether oxygens (including phenoxy) is 2. The number of aryl methyl sites for hydroxylation is 1. The van der Waals surface area contributed by atoms with E-state index in [9.17, 15) is 13.6 Å². The summed E-state index contributed by atoms with van der Waals surface area (Å²) in [6.45, 7) is 0. The van der Waals surface area contributed by atoms with Gasteiger partial charge in [-0.3, -0.25) is 4.79 Å². The van der Waals surface area contributed by atoms with Gasteiger partial charge in [0.05, 0.1) is 23.3 Å². The van der Waals surface area contributed by atoms with Crippen molar-refractivity contribution in [3.63, 3.8) is 0 Å². The number of fused-ring (bicyclic) bond motifs is 1. The fourth-order valence-corrected chi connectivity index (χ4v) is 5.80. The van der Waals surface area contributed by atoms with E-state index >= 15 is 0 Å². The second-order valence-electron chi connectivity index (χ2n) is 9.80. The number of oxazole rings is 1. The monoisotopic (exact) mass is 560 g/mol. The van der Waals surface area contributed by atoms with Crippen molar-refractivity contribution in [3.05, 3.63) is 95.5 Å². The van der Waals surface area contributed by atoms with Crippen LogP contribution in [0.4, 0.5) is 8.78 Å². The van der Waals surface area contributed by atoms with Crippen molar-refractivity contribution >= 4 is 28.6 Å². The van der Waals surface area contributed by atoms with Crippen molar-refractivity contribution in [2.24, 2.45) is 0 Å². The van der Waals surface area contributed by atoms with Crippen LogP contribution in [0.25, 0.3) is 22.4 Å². The highest BCUT2D eigenvalue weighted by Crippen LogP contribution is 2.53. The van der Waals surface area contributed by atoms with Gasteiger partial charge in [-0.15, -0.1) is 11.8 Å². The summed E-state index contributed by atoms with van der Waals surface area (Å²) in [6, 6.07) is 15.5. The molecule has 204 valence electrons. The molecule has 2 heterocycles. The van der Waals surface area contributed by atoms with Gasteiger partial charge in [-0.05, 0) is 60.9 Å². The number of carbonyl (C=O) groups is 1. The molecule has 0 aliphatic heterocycles. The molecule has 9 heteroatoms. The summed E-state index contributed by atoms with van der Waals surface area (Å²) in [5.41, 5.74) is 3.29. The molecule has 1 fully saturated rings. The molecule has 1 aliphatic rings. The number of methoxy groups -OCH3 is 1. The quantitative estimate of drug-likeness (QED) is 0.146. The summed E-state index contributed by atoms with van der Waals surface area (Å²) < 4.78 is 46.5. The molecular formula is C31H26F2N2O4S. The molecule has 0 atom stereocenters. The first-order valence-corrected chi connectivity index (χ1v) is 14.1. The lowest BCUT2D eigenvalue weighted by atomic mass is 9.91. The molecule has 6 nitrogen and oxygen atoms in total. The van der Waals surface area contributed by atoms with Gasteiger partial charge in [-0.1, -0.05) is 24.3 Å². The molecule has 40 heavy (non-hydrogen) atoms. The van der Waals surface area contributed by atoms with Crippen molar-refractivity contribution in [1.82, 2.24) is 9.97 Å². The van der Waals surface area contributed by atoms with Crippen molar-refractivity contribution < 1.29 is 27.5 Å². The van der Waals surface area contributed by atoms with Crippen molar-refractivity contribution in [3.8, 4) is 23.0 Å². The topological polar surface area (TPSA) is 77.4 Å². The Morgan fingerprint density at radius 2 is 1.98 bits per heavy atom. The molecule has 0 radical (unpaired) electrons. The number of aromatic nitrogens is 2. The lowest BCUT2D eigenvalue weighted by Crippen LogP contribution is -2.10. The number of carbonyl (C=O) groups excluding carboxylic acids is 1. The molecule has 6 rings (SSSR count). The smallest absolute Gasteiger partial charge is 0.305 e. The number of aromatic amines is 1. The van der Waals surface area contributed by atoms with Gasteiger partial charge >= 0.3 is 5.97 Å². The second kappa shape index (κ2) is 10.5. The van der Waals surface area contributed by atoms with E-state index in [0.29, 0.717) is 28.9 Å². The van der Waals surface area contributed by atoms with Crippen molar-refractivity contribution in [2.45, 2.75) is 36.0 Å². The Balaban J connectivity index is 1.28. The molecular weight excluding hydrogens is 534 g/mol. The summed E-state index contributed by atoms with van der Waals surface area (Å²) in [5, 5.41) is 0.840. The van der Waals surface area contributed by atoms with Crippen LogP contribution >= 0.6 is 11.8 Å². The highest BCUT2D eigenvalue weighted by atomic mass is 32.2. The van der Waals surface area contributed by atoms with Crippen LogP contribution in [0.5, 0.6) is 11.5 Å². The van der Waals surface area contributed by atoms with Crippen LogP contribution in [0.3, 0.4) is 0 Å². The summed E-state index contributed by atoms with van der Waals surface area (Å²) in [4.78, 5) is 19.9. The maximum Gasteiger partial charge on any atom is 0.305 e. The zero-order chi connectivity index (χ0) is 27.9. The van der Waals surface area contributed by atoms with Gasteiger partial charge in [-0.25, -0.2) is 13.8 Å². The molecule has 2 aromatic heterocycles.